The summed E-state index contributed by atoms with van der Waals surface area (Å²) < 4.78 is 11.0. The van der Waals surface area contributed by atoms with Gasteiger partial charge in [0, 0.05) is 6.54 Å². The highest BCUT2D eigenvalue weighted by atomic mass is 16.6. The van der Waals surface area contributed by atoms with E-state index in [2.05, 4.69) is 0 Å². The maximum absolute atomic E-state index is 10.5. The van der Waals surface area contributed by atoms with Crippen molar-refractivity contribution in [2.75, 3.05) is 19.8 Å². The second kappa shape index (κ2) is 4.94. The van der Waals surface area contributed by atoms with Gasteiger partial charge < -0.3 is 20.3 Å². The molecule has 4 nitrogen and oxygen atoms in total. The molecule has 0 aromatic heterocycles. The largest absolute Gasteiger partial charge is 0.486 e. The molecule has 1 aliphatic heterocycles. The van der Waals surface area contributed by atoms with Crippen molar-refractivity contribution in [2.45, 2.75) is 25.4 Å². The minimum absolute atomic E-state index is 0.209. The number of fused-ring (bicyclic) bond motifs is 1. The lowest BCUT2D eigenvalue weighted by molar-refractivity contribution is 0.0353. The molecule has 1 heterocycles. The molecule has 0 spiro atoms. The number of benzene rings is 1. The summed E-state index contributed by atoms with van der Waals surface area (Å²) in [4.78, 5) is 0. The Kier molecular flexibility index (Phi) is 3.54. The second-order valence-electron chi connectivity index (χ2n) is 4.34. The SMILES string of the molecule is CCCC(O)(CN)c1ccc2c(c1)OCCO2. The van der Waals surface area contributed by atoms with Gasteiger partial charge in [-0.05, 0) is 24.1 Å². The third kappa shape index (κ3) is 2.37. The van der Waals surface area contributed by atoms with Gasteiger partial charge in [0.25, 0.3) is 0 Å². The molecule has 0 fully saturated rings. The monoisotopic (exact) mass is 237 g/mol. The summed E-state index contributed by atoms with van der Waals surface area (Å²) in [6, 6.07) is 5.52. The van der Waals surface area contributed by atoms with Crippen molar-refractivity contribution in [3.05, 3.63) is 23.8 Å². The van der Waals surface area contributed by atoms with Gasteiger partial charge in [-0.25, -0.2) is 0 Å². The van der Waals surface area contributed by atoms with Gasteiger partial charge >= 0.3 is 0 Å². The fourth-order valence-electron chi connectivity index (χ4n) is 2.11. The van der Waals surface area contributed by atoms with E-state index in [0.717, 1.165) is 17.7 Å². The van der Waals surface area contributed by atoms with Crippen molar-refractivity contribution in [1.29, 1.82) is 0 Å². The first-order chi connectivity index (χ1) is 8.19. The van der Waals surface area contributed by atoms with E-state index in [0.29, 0.717) is 25.4 Å². The minimum atomic E-state index is -0.968. The quantitative estimate of drug-likeness (QED) is 0.831. The van der Waals surface area contributed by atoms with E-state index in [-0.39, 0.29) is 6.54 Å². The van der Waals surface area contributed by atoms with E-state index >= 15 is 0 Å². The van der Waals surface area contributed by atoms with Crippen molar-refractivity contribution in [3.8, 4) is 11.5 Å². The van der Waals surface area contributed by atoms with Gasteiger partial charge in [0.05, 0.1) is 0 Å². The molecule has 1 aromatic rings. The molecule has 1 atom stereocenters. The number of nitrogens with two attached hydrogens (primary N) is 1. The fraction of sp³-hybridized carbons (Fsp3) is 0.538. The van der Waals surface area contributed by atoms with E-state index in [9.17, 15) is 5.11 Å². The van der Waals surface area contributed by atoms with Crippen molar-refractivity contribution in [2.24, 2.45) is 5.73 Å². The van der Waals surface area contributed by atoms with Gasteiger partial charge in [0.1, 0.15) is 18.8 Å². The van der Waals surface area contributed by atoms with Crippen LogP contribution in [0.15, 0.2) is 18.2 Å². The Hall–Kier alpha value is -1.26. The topological polar surface area (TPSA) is 64.7 Å². The predicted octanol–water partition coefficient (Wildman–Crippen LogP) is 1.40. The van der Waals surface area contributed by atoms with Crippen LogP contribution in [0.2, 0.25) is 0 Å². The zero-order valence-electron chi connectivity index (χ0n) is 10.1. The fourth-order valence-corrected chi connectivity index (χ4v) is 2.11. The molecule has 0 amide bonds. The first-order valence-electron chi connectivity index (χ1n) is 6.02. The van der Waals surface area contributed by atoms with Gasteiger partial charge in [-0.2, -0.15) is 0 Å². The van der Waals surface area contributed by atoms with Crippen LogP contribution in [0.1, 0.15) is 25.3 Å². The predicted molar refractivity (Wildman–Crippen MR) is 65.3 cm³/mol. The zero-order chi connectivity index (χ0) is 12.3. The van der Waals surface area contributed by atoms with Crippen molar-refractivity contribution in [3.63, 3.8) is 0 Å². The summed E-state index contributed by atoms with van der Waals surface area (Å²) >= 11 is 0. The summed E-state index contributed by atoms with van der Waals surface area (Å²) in [6.45, 7) is 3.35. The molecule has 94 valence electrons. The Morgan fingerprint density at radius 2 is 2.00 bits per heavy atom. The minimum Gasteiger partial charge on any atom is -0.486 e. The average Bonchev–Trinajstić information content (AvgIpc) is 2.38. The van der Waals surface area contributed by atoms with E-state index in [1.165, 1.54) is 0 Å². The van der Waals surface area contributed by atoms with Crippen LogP contribution in [0.5, 0.6) is 11.5 Å². The summed E-state index contributed by atoms with van der Waals surface area (Å²) in [5.41, 5.74) is 5.51. The second-order valence-corrected chi connectivity index (χ2v) is 4.34. The number of rotatable bonds is 4. The number of hydrogen-bond acceptors (Lipinski definition) is 4. The van der Waals surface area contributed by atoms with Crippen molar-refractivity contribution >= 4 is 0 Å². The number of ether oxygens (including phenoxy) is 2. The molecule has 0 radical (unpaired) electrons. The Morgan fingerprint density at radius 1 is 1.29 bits per heavy atom. The molecule has 17 heavy (non-hydrogen) atoms. The van der Waals surface area contributed by atoms with Gasteiger partial charge in [0.2, 0.25) is 0 Å². The van der Waals surface area contributed by atoms with Gasteiger partial charge in [0.15, 0.2) is 11.5 Å². The first kappa shape index (κ1) is 12.2. The molecule has 0 saturated heterocycles. The molecular weight excluding hydrogens is 218 g/mol. The lowest BCUT2D eigenvalue weighted by Gasteiger charge is -2.28. The Balaban J connectivity index is 2.32. The number of aliphatic hydroxyl groups is 1. The zero-order valence-corrected chi connectivity index (χ0v) is 10.1. The highest BCUT2D eigenvalue weighted by Gasteiger charge is 2.28. The first-order valence-corrected chi connectivity index (χ1v) is 6.02. The van der Waals surface area contributed by atoms with Crippen LogP contribution in [0, 0.1) is 0 Å². The Labute approximate surface area is 101 Å². The molecular formula is C13H19NO3. The molecule has 0 aliphatic carbocycles. The van der Waals surface area contributed by atoms with Crippen molar-refractivity contribution in [1.82, 2.24) is 0 Å². The standard InChI is InChI=1S/C13H19NO3/c1-2-5-13(15,9-14)10-3-4-11-12(8-10)17-7-6-16-11/h3-4,8,15H,2,5-7,9,14H2,1H3. The lowest BCUT2D eigenvalue weighted by atomic mass is 9.89. The molecule has 1 aliphatic rings. The third-order valence-corrected chi connectivity index (χ3v) is 3.08. The molecule has 1 aromatic carbocycles. The molecule has 3 N–H and O–H groups in total. The van der Waals surface area contributed by atoms with Crippen LogP contribution in [0.25, 0.3) is 0 Å². The molecule has 1 unspecified atom stereocenters. The summed E-state index contributed by atoms with van der Waals surface area (Å²) in [5, 5.41) is 10.5. The lowest BCUT2D eigenvalue weighted by Crippen LogP contribution is -2.34. The summed E-state index contributed by atoms with van der Waals surface area (Å²) in [5.74, 6) is 1.42. The highest BCUT2D eigenvalue weighted by molar-refractivity contribution is 5.45. The van der Waals surface area contributed by atoms with E-state index in [1.807, 2.05) is 25.1 Å². The maximum atomic E-state index is 10.5. The van der Waals surface area contributed by atoms with E-state index < -0.39 is 5.60 Å². The highest BCUT2D eigenvalue weighted by Crippen LogP contribution is 2.35. The van der Waals surface area contributed by atoms with Gasteiger partial charge in [-0.3, -0.25) is 0 Å². The molecule has 2 rings (SSSR count). The van der Waals surface area contributed by atoms with Crippen LogP contribution >= 0.6 is 0 Å². The molecule has 0 saturated carbocycles. The van der Waals surface area contributed by atoms with Crippen LogP contribution in [0.4, 0.5) is 0 Å². The van der Waals surface area contributed by atoms with Crippen LogP contribution in [-0.4, -0.2) is 24.9 Å². The summed E-state index contributed by atoms with van der Waals surface area (Å²) in [7, 11) is 0. The normalized spacial score (nSPS) is 17.6. The smallest absolute Gasteiger partial charge is 0.161 e. The van der Waals surface area contributed by atoms with E-state index in [1.54, 1.807) is 0 Å². The maximum Gasteiger partial charge on any atom is 0.161 e. The number of hydrogen-bond donors (Lipinski definition) is 2. The third-order valence-electron chi connectivity index (χ3n) is 3.08. The Bertz CT molecular complexity index is 394. The van der Waals surface area contributed by atoms with Gasteiger partial charge in [-0.1, -0.05) is 19.4 Å². The van der Waals surface area contributed by atoms with Gasteiger partial charge in [-0.15, -0.1) is 0 Å². The van der Waals surface area contributed by atoms with Crippen LogP contribution < -0.4 is 15.2 Å². The summed E-state index contributed by atoms with van der Waals surface area (Å²) in [6.07, 6.45) is 1.52. The molecule has 4 heteroatoms. The van der Waals surface area contributed by atoms with Crippen LogP contribution in [-0.2, 0) is 5.60 Å². The van der Waals surface area contributed by atoms with Crippen LogP contribution in [0.3, 0.4) is 0 Å². The van der Waals surface area contributed by atoms with E-state index in [4.69, 9.17) is 15.2 Å². The Morgan fingerprint density at radius 3 is 2.65 bits per heavy atom. The molecule has 0 bridgehead atoms. The average molecular weight is 237 g/mol. The van der Waals surface area contributed by atoms with Crippen molar-refractivity contribution < 1.29 is 14.6 Å².